The highest BCUT2D eigenvalue weighted by Gasteiger charge is 2.19. The number of hydrogen-bond donors (Lipinski definition) is 1. The van der Waals surface area contributed by atoms with Crippen molar-refractivity contribution in [3.8, 4) is 0 Å². The van der Waals surface area contributed by atoms with Crippen molar-refractivity contribution >= 4 is 5.95 Å². The molecule has 1 saturated heterocycles. The summed E-state index contributed by atoms with van der Waals surface area (Å²) in [6.07, 6.45) is 5.33. The number of aryl methyl sites for hydroxylation is 1. The van der Waals surface area contributed by atoms with Crippen LogP contribution in [0.3, 0.4) is 0 Å². The van der Waals surface area contributed by atoms with Crippen molar-refractivity contribution in [2.24, 2.45) is 0 Å². The van der Waals surface area contributed by atoms with Crippen molar-refractivity contribution in [2.45, 2.75) is 32.1 Å². The summed E-state index contributed by atoms with van der Waals surface area (Å²) in [4.78, 5) is 24.4. The molecule has 1 N–H and O–H groups in total. The second-order valence-electron chi connectivity index (χ2n) is 5.67. The fourth-order valence-corrected chi connectivity index (χ4v) is 2.93. The van der Waals surface area contributed by atoms with E-state index in [-0.39, 0.29) is 5.56 Å². The number of hydrogen-bond acceptors (Lipinski definition) is 4. The molecule has 3 rings (SSSR count). The molecule has 0 saturated carbocycles. The van der Waals surface area contributed by atoms with E-state index in [1.165, 1.54) is 6.42 Å². The summed E-state index contributed by atoms with van der Waals surface area (Å²) >= 11 is 0. The summed E-state index contributed by atoms with van der Waals surface area (Å²) < 4.78 is 0. The van der Waals surface area contributed by atoms with Crippen molar-refractivity contribution in [1.29, 1.82) is 0 Å². The minimum atomic E-state index is 0.0841. The summed E-state index contributed by atoms with van der Waals surface area (Å²) in [5.41, 5.74) is 2.05. The molecule has 1 aromatic heterocycles. The van der Waals surface area contributed by atoms with Crippen molar-refractivity contribution in [2.75, 3.05) is 38.1 Å². The highest BCUT2D eigenvalue weighted by atomic mass is 16.1. The van der Waals surface area contributed by atoms with Gasteiger partial charge in [-0.05, 0) is 32.7 Å². The van der Waals surface area contributed by atoms with E-state index in [0.29, 0.717) is 0 Å². The van der Waals surface area contributed by atoms with Crippen LogP contribution in [0.25, 0.3) is 0 Å². The number of aromatic amines is 1. The Morgan fingerprint density at radius 1 is 1.05 bits per heavy atom. The second-order valence-corrected chi connectivity index (χ2v) is 5.67. The largest absolute Gasteiger partial charge is 0.340 e. The highest BCUT2D eigenvalue weighted by molar-refractivity contribution is 5.34. The highest BCUT2D eigenvalue weighted by Crippen LogP contribution is 2.18. The molecule has 19 heavy (non-hydrogen) atoms. The first-order valence-corrected chi connectivity index (χ1v) is 7.29. The lowest BCUT2D eigenvalue weighted by atomic mass is 10.1. The number of anilines is 1. The van der Waals surface area contributed by atoms with Gasteiger partial charge < -0.3 is 9.80 Å². The molecule has 0 aromatic carbocycles. The van der Waals surface area contributed by atoms with Crippen molar-refractivity contribution < 1.29 is 0 Å². The van der Waals surface area contributed by atoms with Crippen LogP contribution in [0.4, 0.5) is 5.95 Å². The van der Waals surface area contributed by atoms with Crippen LogP contribution in [0.2, 0.25) is 0 Å². The molecular weight excluding hydrogens is 240 g/mol. The van der Waals surface area contributed by atoms with Crippen LogP contribution in [-0.2, 0) is 12.8 Å². The van der Waals surface area contributed by atoms with E-state index in [1.54, 1.807) is 0 Å². The van der Waals surface area contributed by atoms with Gasteiger partial charge in [-0.2, -0.15) is 0 Å². The van der Waals surface area contributed by atoms with E-state index < -0.39 is 0 Å². The quantitative estimate of drug-likeness (QED) is 0.760. The van der Waals surface area contributed by atoms with Crippen LogP contribution in [0.5, 0.6) is 0 Å². The first kappa shape index (κ1) is 12.7. The zero-order valence-electron chi connectivity index (χ0n) is 11.6. The second kappa shape index (κ2) is 5.33. The van der Waals surface area contributed by atoms with Gasteiger partial charge in [0, 0.05) is 31.7 Å². The lowest BCUT2D eigenvalue weighted by molar-refractivity contribution is 0.311. The Morgan fingerprint density at radius 2 is 1.79 bits per heavy atom. The van der Waals surface area contributed by atoms with Crippen LogP contribution in [0, 0.1) is 0 Å². The molecule has 0 amide bonds. The van der Waals surface area contributed by atoms with Crippen molar-refractivity contribution in [3.05, 3.63) is 21.6 Å². The Labute approximate surface area is 113 Å². The predicted octanol–water partition coefficient (Wildman–Crippen LogP) is 0.791. The molecule has 0 radical (unpaired) electrons. The van der Waals surface area contributed by atoms with E-state index in [4.69, 9.17) is 4.98 Å². The van der Waals surface area contributed by atoms with Gasteiger partial charge in [-0.3, -0.25) is 9.78 Å². The lowest BCUT2D eigenvalue weighted by Crippen LogP contribution is -2.45. The molecule has 0 unspecified atom stereocenters. The third kappa shape index (κ3) is 2.66. The number of H-pyrrole nitrogens is 1. The molecule has 0 spiro atoms. The number of piperazine rings is 1. The summed E-state index contributed by atoms with van der Waals surface area (Å²) in [7, 11) is 2.13. The Morgan fingerprint density at radius 3 is 2.58 bits per heavy atom. The molecule has 0 atom stereocenters. The SMILES string of the molecule is CN1CCN(c2nc3c(c(=O)[nH]2)CCCCC3)CC1. The molecule has 0 bridgehead atoms. The Hall–Kier alpha value is -1.36. The third-order valence-electron chi connectivity index (χ3n) is 4.23. The Balaban J connectivity index is 1.89. The van der Waals surface area contributed by atoms with E-state index in [0.717, 1.165) is 69.1 Å². The van der Waals surface area contributed by atoms with Gasteiger partial charge in [0.05, 0.1) is 5.69 Å². The molecule has 104 valence electrons. The first-order valence-electron chi connectivity index (χ1n) is 7.29. The van der Waals surface area contributed by atoms with Crippen LogP contribution < -0.4 is 10.5 Å². The van der Waals surface area contributed by atoms with Gasteiger partial charge in [0.1, 0.15) is 0 Å². The minimum absolute atomic E-state index is 0.0841. The van der Waals surface area contributed by atoms with E-state index >= 15 is 0 Å². The predicted molar refractivity (Wildman–Crippen MR) is 75.8 cm³/mol. The summed E-state index contributed by atoms with van der Waals surface area (Å²) in [5.74, 6) is 0.777. The van der Waals surface area contributed by atoms with Crippen molar-refractivity contribution in [1.82, 2.24) is 14.9 Å². The van der Waals surface area contributed by atoms with Crippen LogP contribution in [0.1, 0.15) is 30.5 Å². The zero-order chi connectivity index (χ0) is 13.2. The van der Waals surface area contributed by atoms with Gasteiger partial charge in [-0.1, -0.05) is 6.42 Å². The standard InChI is InChI=1S/C14H22N4O/c1-17-7-9-18(10-8-17)14-15-12-6-4-2-3-5-11(12)13(19)16-14/h2-10H2,1H3,(H,15,16,19). The van der Waals surface area contributed by atoms with Gasteiger partial charge in [0.25, 0.3) is 5.56 Å². The normalized spacial score (nSPS) is 21.0. The average molecular weight is 262 g/mol. The lowest BCUT2D eigenvalue weighted by Gasteiger charge is -2.32. The maximum absolute atomic E-state index is 12.2. The molecule has 1 aromatic rings. The molecule has 2 heterocycles. The van der Waals surface area contributed by atoms with E-state index in [1.807, 2.05) is 0 Å². The van der Waals surface area contributed by atoms with Gasteiger partial charge >= 0.3 is 0 Å². The number of rotatable bonds is 1. The van der Waals surface area contributed by atoms with E-state index in [9.17, 15) is 4.79 Å². The Kier molecular flexibility index (Phi) is 3.55. The topological polar surface area (TPSA) is 52.2 Å². The van der Waals surface area contributed by atoms with Crippen molar-refractivity contribution in [3.63, 3.8) is 0 Å². The number of nitrogens with zero attached hydrogens (tertiary/aromatic N) is 3. The van der Waals surface area contributed by atoms with Gasteiger partial charge in [-0.15, -0.1) is 0 Å². The summed E-state index contributed by atoms with van der Waals surface area (Å²) in [6, 6.07) is 0. The third-order valence-corrected chi connectivity index (χ3v) is 4.23. The van der Waals surface area contributed by atoms with Crippen LogP contribution in [0.15, 0.2) is 4.79 Å². The Bertz CT molecular complexity index is 503. The molecule has 5 nitrogen and oxygen atoms in total. The molecular formula is C14H22N4O. The fraction of sp³-hybridized carbons (Fsp3) is 0.714. The number of likely N-dealkylation sites (N-methyl/N-ethyl adjacent to an activating group) is 1. The van der Waals surface area contributed by atoms with Gasteiger partial charge in [-0.25, -0.2) is 4.98 Å². The molecule has 1 aliphatic heterocycles. The molecule has 5 heteroatoms. The number of nitrogens with one attached hydrogen (secondary N) is 1. The van der Waals surface area contributed by atoms with Gasteiger partial charge in [0.15, 0.2) is 0 Å². The first-order chi connectivity index (χ1) is 9.24. The molecule has 2 aliphatic rings. The number of aromatic nitrogens is 2. The zero-order valence-corrected chi connectivity index (χ0v) is 11.6. The van der Waals surface area contributed by atoms with E-state index in [2.05, 4.69) is 21.8 Å². The molecule has 1 fully saturated rings. The maximum Gasteiger partial charge on any atom is 0.255 e. The monoisotopic (exact) mass is 262 g/mol. The number of fused-ring (bicyclic) bond motifs is 1. The smallest absolute Gasteiger partial charge is 0.255 e. The van der Waals surface area contributed by atoms with Gasteiger partial charge in [0.2, 0.25) is 5.95 Å². The summed E-state index contributed by atoms with van der Waals surface area (Å²) in [6.45, 7) is 3.94. The molecule has 1 aliphatic carbocycles. The van der Waals surface area contributed by atoms with Crippen LogP contribution in [-0.4, -0.2) is 48.1 Å². The maximum atomic E-state index is 12.2. The minimum Gasteiger partial charge on any atom is -0.340 e. The average Bonchev–Trinajstić information content (AvgIpc) is 2.65. The summed E-state index contributed by atoms with van der Waals surface area (Å²) in [5, 5.41) is 0. The fourth-order valence-electron chi connectivity index (χ4n) is 2.93. The van der Waals surface area contributed by atoms with Crippen LogP contribution >= 0.6 is 0 Å².